The fourth-order valence-electron chi connectivity index (χ4n) is 2.22. The molecule has 2 aromatic carbocycles. The lowest BCUT2D eigenvalue weighted by Crippen LogP contribution is -2.35. The number of amides is 3. The molecule has 158 valence electrons. The SMILES string of the molecule is CCOc1ccc(NC(=O)COc2ccc(Cl)cc2/C=N\NC(=O)C(=O)NC)cc1. The van der Waals surface area contributed by atoms with E-state index in [1.54, 1.807) is 36.4 Å². The van der Waals surface area contributed by atoms with Crippen LogP contribution in [0, 0.1) is 0 Å². The Labute approximate surface area is 178 Å². The molecule has 0 aliphatic rings. The number of nitrogens with zero attached hydrogens (tertiary/aromatic N) is 1. The molecule has 9 nitrogen and oxygen atoms in total. The highest BCUT2D eigenvalue weighted by Gasteiger charge is 2.10. The van der Waals surface area contributed by atoms with E-state index in [2.05, 4.69) is 21.2 Å². The number of likely N-dealkylation sites (N-methyl/N-ethyl adjacent to an activating group) is 1. The molecule has 0 atom stereocenters. The number of hydrazone groups is 1. The van der Waals surface area contributed by atoms with Gasteiger partial charge in [-0.1, -0.05) is 11.6 Å². The second kappa shape index (κ2) is 11.4. The molecule has 0 aliphatic heterocycles. The van der Waals surface area contributed by atoms with Gasteiger partial charge in [-0.05, 0) is 49.4 Å². The van der Waals surface area contributed by atoms with Crippen LogP contribution in [0.1, 0.15) is 12.5 Å². The summed E-state index contributed by atoms with van der Waals surface area (Å²) in [6.07, 6.45) is 1.26. The molecule has 0 saturated heterocycles. The Balaban J connectivity index is 1.96. The molecule has 2 aromatic rings. The van der Waals surface area contributed by atoms with E-state index in [0.29, 0.717) is 34.4 Å². The van der Waals surface area contributed by atoms with Crippen molar-refractivity contribution in [1.29, 1.82) is 0 Å². The molecule has 0 radical (unpaired) electrons. The maximum atomic E-state index is 12.2. The number of carbonyl (C=O) groups excluding carboxylic acids is 3. The van der Waals surface area contributed by atoms with Crippen LogP contribution in [0.4, 0.5) is 5.69 Å². The maximum Gasteiger partial charge on any atom is 0.329 e. The predicted molar refractivity (Wildman–Crippen MR) is 113 cm³/mol. The Bertz CT molecular complexity index is 931. The average molecular weight is 433 g/mol. The van der Waals surface area contributed by atoms with Crippen molar-refractivity contribution in [2.75, 3.05) is 25.6 Å². The van der Waals surface area contributed by atoms with E-state index in [4.69, 9.17) is 21.1 Å². The van der Waals surface area contributed by atoms with Crippen molar-refractivity contribution in [2.45, 2.75) is 6.92 Å². The molecule has 0 bridgehead atoms. The van der Waals surface area contributed by atoms with Crippen molar-refractivity contribution in [3.8, 4) is 11.5 Å². The van der Waals surface area contributed by atoms with Crippen LogP contribution in [0.25, 0.3) is 0 Å². The first-order chi connectivity index (χ1) is 14.4. The summed E-state index contributed by atoms with van der Waals surface area (Å²) in [6.45, 7) is 2.18. The molecule has 0 spiro atoms. The molecule has 3 amide bonds. The van der Waals surface area contributed by atoms with Gasteiger partial charge in [0.25, 0.3) is 5.91 Å². The van der Waals surface area contributed by atoms with Gasteiger partial charge in [0, 0.05) is 23.3 Å². The van der Waals surface area contributed by atoms with Crippen molar-refractivity contribution in [3.63, 3.8) is 0 Å². The van der Waals surface area contributed by atoms with Gasteiger partial charge < -0.3 is 20.1 Å². The highest BCUT2D eigenvalue weighted by molar-refractivity contribution is 6.35. The van der Waals surface area contributed by atoms with Gasteiger partial charge in [-0.25, -0.2) is 5.43 Å². The summed E-state index contributed by atoms with van der Waals surface area (Å²) in [5.41, 5.74) is 3.08. The lowest BCUT2D eigenvalue weighted by atomic mass is 10.2. The summed E-state index contributed by atoms with van der Waals surface area (Å²) >= 11 is 5.98. The van der Waals surface area contributed by atoms with E-state index < -0.39 is 11.8 Å². The Kier molecular flexibility index (Phi) is 8.64. The van der Waals surface area contributed by atoms with E-state index in [1.165, 1.54) is 19.3 Å². The summed E-state index contributed by atoms with van der Waals surface area (Å²) < 4.78 is 10.9. The minimum Gasteiger partial charge on any atom is -0.494 e. The van der Waals surface area contributed by atoms with Crippen LogP contribution in [0.3, 0.4) is 0 Å². The number of halogens is 1. The molecule has 0 aliphatic carbocycles. The van der Waals surface area contributed by atoms with Crippen molar-refractivity contribution in [3.05, 3.63) is 53.1 Å². The number of nitrogens with one attached hydrogen (secondary N) is 3. The summed E-state index contributed by atoms with van der Waals surface area (Å²) in [4.78, 5) is 34.7. The molecule has 0 fully saturated rings. The Morgan fingerprint density at radius 3 is 2.47 bits per heavy atom. The molecular weight excluding hydrogens is 412 g/mol. The van der Waals surface area contributed by atoms with Gasteiger partial charge in [0.05, 0.1) is 12.8 Å². The van der Waals surface area contributed by atoms with E-state index in [1.807, 2.05) is 6.92 Å². The number of ether oxygens (including phenoxy) is 2. The monoisotopic (exact) mass is 432 g/mol. The predicted octanol–water partition coefficient (Wildman–Crippen LogP) is 1.95. The number of hydrogen-bond donors (Lipinski definition) is 3. The van der Waals surface area contributed by atoms with Crippen LogP contribution in [0.5, 0.6) is 11.5 Å². The van der Waals surface area contributed by atoms with E-state index in [9.17, 15) is 14.4 Å². The number of anilines is 1. The van der Waals surface area contributed by atoms with Crippen LogP contribution in [0.2, 0.25) is 5.02 Å². The van der Waals surface area contributed by atoms with Crippen LogP contribution in [-0.2, 0) is 14.4 Å². The number of hydrogen-bond acceptors (Lipinski definition) is 6. The fraction of sp³-hybridized carbons (Fsp3) is 0.200. The summed E-state index contributed by atoms with van der Waals surface area (Å²) in [6, 6.07) is 11.6. The maximum absolute atomic E-state index is 12.2. The average Bonchev–Trinajstić information content (AvgIpc) is 2.74. The third kappa shape index (κ3) is 7.10. The Morgan fingerprint density at radius 1 is 1.07 bits per heavy atom. The van der Waals surface area contributed by atoms with Crippen LogP contribution < -0.4 is 25.5 Å². The number of benzene rings is 2. The van der Waals surface area contributed by atoms with Crippen molar-refractivity contribution in [1.82, 2.24) is 10.7 Å². The lowest BCUT2D eigenvalue weighted by Gasteiger charge is -2.10. The molecule has 10 heteroatoms. The van der Waals surface area contributed by atoms with Gasteiger partial charge in [0.2, 0.25) is 0 Å². The van der Waals surface area contributed by atoms with Gasteiger partial charge >= 0.3 is 11.8 Å². The molecule has 0 unspecified atom stereocenters. The van der Waals surface area contributed by atoms with Crippen LogP contribution in [-0.4, -0.2) is 44.2 Å². The van der Waals surface area contributed by atoms with Gasteiger partial charge in [0.1, 0.15) is 11.5 Å². The standard InChI is InChI=1S/C20H21ClN4O5/c1-3-29-16-7-5-15(6-8-16)24-18(26)12-30-17-9-4-14(21)10-13(17)11-23-25-20(28)19(27)22-2/h4-11H,3,12H2,1-2H3,(H,22,27)(H,24,26)(H,25,28)/b23-11-. The largest absolute Gasteiger partial charge is 0.494 e. The van der Waals surface area contributed by atoms with E-state index in [0.717, 1.165) is 0 Å². The van der Waals surface area contributed by atoms with E-state index >= 15 is 0 Å². The molecular formula is C20H21ClN4O5. The second-order valence-corrected chi connectivity index (χ2v) is 6.19. The van der Waals surface area contributed by atoms with Gasteiger partial charge in [-0.3, -0.25) is 14.4 Å². The zero-order valence-corrected chi connectivity index (χ0v) is 17.2. The number of rotatable bonds is 8. The highest BCUT2D eigenvalue weighted by Crippen LogP contribution is 2.21. The van der Waals surface area contributed by atoms with Gasteiger partial charge in [-0.15, -0.1) is 0 Å². The number of carbonyl (C=O) groups is 3. The minimum atomic E-state index is -0.923. The van der Waals surface area contributed by atoms with Crippen LogP contribution >= 0.6 is 11.6 Å². The third-order valence-corrected chi connectivity index (χ3v) is 3.82. The van der Waals surface area contributed by atoms with Crippen molar-refractivity contribution < 1.29 is 23.9 Å². The normalized spacial score (nSPS) is 10.4. The lowest BCUT2D eigenvalue weighted by molar-refractivity contribution is -0.138. The van der Waals surface area contributed by atoms with Gasteiger partial charge in [-0.2, -0.15) is 5.10 Å². The zero-order chi connectivity index (χ0) is 21.9. The zero-order valence-electron chi connectivity index (χ0n) is 16.4. The first-order valence-electron chi connectivity index (χ1n) is 8.93. The quantitative estimate of drug-likeness (QED) is 0.335. The molecule has 0 saturated carbocycles. The minimum absolute atomic E-state index is 0.264. The van der Waals surface area contributed by atoms with E-state index in [-0.39, 0.29) is 12.5 Å². The topological polar surface area (TPSA) is 118 Å². The Morgan fingerprint density at radius 2 is 1.80 bits per heavy atom. The third-order valence-electron chi connectivity index (χ3n) is 3.58. The smallest absolute Gasteiger partial charge is 0.329 e. The second-order valence-electron chi connectivity index (χ2n) is 5.75. The first kappa shape index (κ1) is 22.7. The molecule has 0 aromatic heterocycles. The summed E-state index contributed by atoms with van der Waals surface area (Å²) in [7, 11) is 1.33. The highest BCUT2D eigenvalue weighted by atomic mass is 35.5. The molecule has 2 rings (SSSR count). The summed E-state index contributed by atoms with van der Waals surface area (Å²) in [5, 5.41) is 8.98. The van der Waals surface area contributed by atoms with Crippen molar-refractivity contribution in [2.24, 2.45) is 5.10 Å². The van der Waals surface area contributed by atoms with Gasteiger partial charge in [0.15, 0.2) is 6.61 Å². The summed E-state index contributed by atoms with van der Waals surface area (Å²) in [5.74, 6) is -1.10. The van der Waals surface area contributed by atoms with Crippen LogP contribution in [0.15, 0.2) is 47.6 Å². The first-order valence-corrected chi connectivity index (χ1v) is 9.31. The van der Waals surface area contributed by atoms with Crippen molar-refractivity contribution >= 4 is 41.2 Å². The Hall–Kier alpha value is -3.59. The fourth-order valence-corrected chi connectivity index (χ4v) is 2.40. The molecule has 30 heavy (non-hydrogen) atoms. The molecule has 3 N–H and O–H groups in total. The molecule has 0 heterocycles.